The van der Waals surface area contributed by atoms with Crippen LogP contribution in [0.3, 0.4) is 0 Å². The van der Waals surface area contributed by atoms with Crippen LogP contribution in [0, 0.1) is 11.8 Å². The van der Waals surface area contributed by atoms with Gasteiger partial charge in [-0.25, -0.2) is 8.42 Å². The molecule has 0 bridgehead atoms. The molecule has 2 fully saturated rings. The number of piperidine rings is 1. The number of likely N-dealkylation sites (tertiary alicyclic amines) is 1. The molecule has 1 amide bonds. The number of rotatable bonds is 3. The summed E-state index contributed by atoms with van der Waals surface area (Å²) in [5.74, 6) is -1.34. The zero-order valence-electron chi connectivity index (χ0n) is 10.7. The van der Waals surface area contributed by atoms with E-state index in [-0.39, 0.29) is 29.8 Å². The predicted octanol–water partition coefficient (Wildman–Crippen LogP) is 0.134. The summed E-state index contributed by atoms with van der Waals surface area (Å²) in [4.78, 5) is 24.6. The molecule has 6 nitrogen and oxygen atoms in total. The van der Waals surface area contributed by atoms with E-state index in [2.05, 4.69) is 0 Å². The molecular weight excluding hydrogens is 270 g/mol. The minimum atomic E-state index is -3.05. The molecule has 0 aromatic heterocycles. The Balaban J connectivity index is 1.94. The second kappa shape index (κ2) is 5.48. The third-order valence-corrected chi connectivity index (χ3v) is 5.64. The number of carbonyl (C=O) groups is 2. The van der Waals surface area contributed by atoms with E-state index in [1.54, 1.807) is 4.90 Å². The smallest absolute Gasteiger partial charge is 0.303 e. The summed E-state index contributed by atoms with van der Waals surface area (Å²) in [6.45, 7) is 1.06. The Morgan fingerprint density at radius 2 is 2.00 bits per heavy atom. The highest BCUT2D eigenvalue weighted by atomic mass is 32.2. The molecule has 2 heterocycles. The van der Waals surface area contributed by atoms with Gasteiger partial charge in [0.1, 0.15) is 0 Å². The lowest BCUT2D eigenvalue weighted by atomic mass is 9.93. The number of carboxylic acid groups (broad SMARTS) is 1. The van der Waals surface area contributed by atoms with Gasteiger partial charge in [-0.05, 0) is 25.2 Å². The zero-order valence-corrected chi connectivity index (χ0v) is 11.6. The van der Waals surface area contributed by atoms with Crippen LogP contribution in [0.25, 0.3) is 0 Å². The normalized spacial score (nSPS) is 30.2. The predicted molar refractivity (Wildman–Crippen MR) is 68.3 cm³/mol. The number of nitrogens with zero attached hydrogens (tertiary/aromatic N) is 1. The maximum absolute atomic E-state index is 12.2. The first-order valence-electron chi connectivity index (χ1n) is 6.58. The maximum Gasteiger partial charge on any atom is 0.303 e. The van der Waals surface area contributed by atoms with Crippen LogP contribution in [0.1, 0.15) is 25.7 Å². The molecule has 2 aliphatic heterocycles. The van der Waals surface area contributed by atoms with Crippen LogP contribution in [0.15, 0.2) is 0 Å². The molecule has 0 aromatic carbocycles. The van der Waals surface area contributed by atoms with E-state index < -0.39 is 21.7 Å². The van der Waals surface area contributed by atoms with E-state index in [1.807, 2.05) is 0 Å². The lowest BCUT2D eigenvalue weighted by Crippen LogP contribution is -2.43. The van der Waals surface area contributed by atoms with Crippen molar-refractivity contribution >= 4 is 21.7 Å². The lowest BCUT2D eigenvalue weighted by Gasteiger charge is -2.33. The molecule has 7 heteroatoms. The van der Waals surface area contributed by atoms with Crippen molar-refractivity contribution in [3.8, 4) is 0 Å². The standard InChI is InChI=1S/C12H19NO5S/c14-11(15)6-9-2-1-4-13(7-9)12(16)10-3-5-19(17,18)8-10/h9-10H,1-8H2,(H,14,15). The SMILES string of the molecule is O=C(O)CC1CCCN(C(=O)C2CCS(=O)(=O)C2)C1. The van der Waals surface area contributed by atoms with Crippen LogP contribution in [0.4, 0.5) is 0 Å². The van der Waals surface area contributed by atoms with Gasteiger partial charge in [0.15, 0.2) is 9.84 Å². The van der Waals surface area contributed by atoms with Crippen molar-refractivity contribution in [2.24, 2.45) is 11.8 Å². The van der Waals surface area contributed by atoms with E-state index in [0.29, 0.717) is 19.5 Å². The van der Waals surface area contributed by atoms with Crippen molar-refractivity contribution in [1.82, 2.24) is 4.90 Å². The van der Waals surface area contributed by atoms with Crippen molar-refractivity contribution in [1.29, 1.82) is 0 Å². The van der Waals surface area contributed by atoms with Gasteiger partial charge < -0.3 is 10.0 Å². The first kappa shape index (κ1) is 14.3. The van der Waals surface area contributed by atoms with Crippen LogP contribution in [-0.4, -0.2) is 54.9 Å². The monoisotopic (exact) mass is 289 g/mol. The van der Waals surface area contributed by atoms with Gasteiger partial charge in [-0.1, -0.05) is 0 Å². The van der Waals surface area contributed by atoms with Gasteiger partial charge in [0.05, 0.1) is 17.4 Å². The Morgan fingerprint density at radius 3 is 2.58 bits per heavy atom. The van der Waals surface area contributed by atoms with Crippen molar-refractivity contribution in [3.63, 3.8) is 0 Å². The highest BCUT2D eigenvalue weighted by Gasteiger charge is 2.36. The summed E-state index contributed by atoms with van der Waals surface area (Å²) < 4.78 is 22.8. The number of carboxylic acids is 1. The van der Waals surface area contributed by atoms with Gasteiger partial charge in [-0.3, -0.25) is 9.59 Å². The van der Waals surface area contributed by atoms with E-state index in [0.717, 1.165) is 12.8 Å². The molecule has 0 spiro atoms. The van der Waals surface area contributed by atoms with Gasteiger partial charge in [0.25, 0.3) is 0 Å². The van der Waals surface area contributed by atoms with Crippen LogP contribution in [0.2, 0.25) is 0 Å². The molecule has 0 aromatic rings. The second-order valence-electron chi connectivity index (χ2n) is 5.49. The van der Waals surface area contributed by atoms with Crippen LogP contribution in [0.5, 0.6) is 0 Å². The topological polar surface area (TPSA) is 91.8 Å². The van der Waals surface area contributed by atoms with Crippen LogP contribution >= 0.6 is 0 Å². The molecule has 0 saturated carbocycles. The number of amides is 1. The molecule has 2 aliphatic rings. The number of aliphatic carboxylic acids is 1. The average molecular weight is 289 g/mol. The van der Waals surface area contributed by atoms with Crippen molar-refractivity contribution < 1.29 is 23.1 Å². The quantitative estimate of drug-likeness (QED) is 0.797. The summed E-state index contributed by atoms with van der Waals surface area (Å²) in [7, 11) is -3.05. The molecule has 2 unspecified atom stereocenters. The molecule has 108 valence electrons. The average Bonchev–Trinajstić information content (AvgIpc) is 2.68. The van der Waals surface area contributed by atoms with Gasteiger partial charge in [-0.2, -0.15) is 0 Å². The van der Waals surface area contributed by atoms with E-state index in [1.165, 1.54) is 0 Å². The number of hydrogen-bond acceptors (Lipinski definition) is 4. The fourth-order valence-corrected chi connectivity index (χ4v) is 4.66. The van der Waals surface area contributed by atoms with Gasteiger partial charge in [0.2, 0.25) is 5.91 Å². The highest BCUT2D eigenvalue weighted by Crippen LogP contribution is 2.25. The number of hydrogen-bond donors (Lipinski definition) is 1. The van der Waals surface area contributed by atoms with Gasteiger partial charge in [-0.15, -0.1) is 0 Å². The summed E-state index contributed by atoms with van der Waals surface area (Å²) in [6, 6.07) is 0. The molecular formula is C12H19NO5S. The maximum atomic E-state index is 12.2. The Bertz CT molecular complexity index is 473. The molecule has 1 N–H and O–H groups in total. The van der Waals surface area contributed by atoms with Crippen LogP contribution in [-0.2, 0) is 19.4 Å². The summed E-state index contributed by atoms with van der Waals surface area (Å²) >= 11 is 0. The molecule has 2 saturated heterocycles. The molecule has 2 atom stereocenters. The molecule has 19 heavy (non-hydrogen) atoms. The molecule has 0 radical (unpaired) electrons. The van der Waals surface area contributed by atoms with E-state index >= 15 is 0 Å². The zero-order chi connectivity index (χ0) is 14.0. The number of sulfone groups is 1. The molecule has 2 rings (SSSR count). The first-order valence-corrected chi connectivity index (χ1v) is 8.40. The van der Waals surface area contributed by atoms with Crippen molar-refractivity contribution in [2.45, 2.75) is 25.7 Å². The van der Waals surface area contributed by atoms with Gasteiger partial charge in [0, 0.05) is 19.5 Å². The molecule has 0 aliphatic carbocycles. The van der Waals surface area contributed by atoms with E-state index in [4.69, 9.17) is 5.11 Å². The van der Waals surface area contributed by atoms with E-state index in [9.17, 15) is 18.0 Å². The minimum absolute atomic E-state index is 0.00629. The second-order valence-corrected chi connectivity index (χ2v) is 7.72. The largest absolute Gasteiger partial charge is 0.481 e. The van der Waals surface area contributed by atoms with Crippen molar-refractivity contribution in [3.05, 3.63) is 0 Å². The minimum Gasteiger partial charge on any atom is -0.481 e. The Morgan fingerprint density at radius 1 is 1.26 bits per heavy atom. The summed E-state index contributed by atoms with van der Waals surface area (Å²) in [5.41, 5.74) is 0. The fourth-order valence-electron chi connectivity index (χ4n) is 2.93. The number of carbonyl (C=O) groups excluding carboxylic acids is 1. The third-order valence-electron chi connectivity index (χ3n) is 3.88. The summed E-state index contributed by atoms with van der Waals surface area (Å²) in [6.07, 6.45) is 2.09. The Labute approximate surface area is 112 Å². The lowest BCUT2D eigenvalue weighted by molar-refractivity contribution is -0.141. The van der Waals surface area contributed by atoms with Gasteiger partial charge >= 0.3 is 5.97 Å². The van der Waals surface area contributed by atoms with Crippen molar-refractivity contribution in [2.75, 3.05) is 24.6 Å². The van der Waals surface area contributed by atoms with Crippen LogP contribution < -0.4 is 0 Å². The highest BCUT2D eigenvalue weighted by molar-refractivity contribution is 7.91. The fraction of sp³-hybridized carbons (Fsp3) is 0.833. The summed E-state index contributed by atoms with van der Waals surface area (Å²) in [5, 5.41) is 8.79. The third kappa shape index (κ3) is 3.68. The Hall–Kier alpha value is -1.11. The Kier molecular flexibility index (Phi) is 4.13. The first-order chi connectivity index (χ1) is 8.87.